The number of likely N-dealkylation sites (tertiary alicyclic amines) is 3. The monoisotopic (exact) mass is 618 g/mol. The van der Waals surface area contributed by atoms with Gasteiger partial charge in [0.05, 0.1) is 34.7 Å². The number of halogens is 5. The van der Waals surface area contributed by atoms with E-state index in [1.165, 1.54) is 25.1 Å². The molecule has 3 aliphatic heterocycles. The molecule has 0 unspecified atom stereocenters. The van der Waals surface area contributed by atoms with Crippen LogP contribution in [0.2, 0.25) is 10.0 Å². The molecular weight excluding hydrogens is 588 g/mol. The minimum Gasteiger partial charge on any atom is -0.380 e. The molecule has 7 nitrogen and oxygen atoms in total. The standard InChI is InChI=1S/C27H29Cl2F3N4O3.H2S/c1-26(39,16-3-2-4-17(30)9-16)25(38)34-7-5-20(6-8-34)35-12-19(13-35)33-18-10-21(28)23(22(29)11-18)24(37)36-14-27(31,32)15-36;/h2-4,9-11,19-20,33,39H,5-8,12-15H2,1H3;1H2/t26-;/m0./s1. The molecule has 218 valence electrons. The molecule has 2 N–H and O–H groups in total. The summed E-state index contributed by atoms with van der Waals surface area (Å²) in [5.74, 6) is -4.43. The van der Waals surface area contributed by atoms with E-state index in [1.807, 2.05) is 0 Å². The molecule has 1 atom stereocenters. The fourth-order valence-corrected chi connectivity index (χ4v) is 6.12. The highest BCUT2D eigenvalue weighted by molar-refractivity contribution is 7.59. The topological polar surface area (TPSA) is 76.1 Å². The van der Waals surface area contributed by atoms with Gasteiger partial charge in [-0.2, -0.15) is 13.5 Å². The Morgan fingerprint density at radius 1 is 1.05 bits per heavy atom. The second-order valence-electron chi connectivity index (χ2n) is 10.7. The number of hydrogen-bond donors (Lipinski definition) is 2. The molecule has 2 aromatic rings. The Morgan fingerprint density at radius 3 is 2.20 bits per heavy atom. The summed E-state index contributed by atoms with van der Waals surface area (Å²) in [6.45, 7) is 2.62. The molecule has 5 rings (SSSR count). The van der Waals surface area contributed by atoms with Crippen LogP contribution < -0.4 is 5.32 Å². The highest BCUT2D eigenvalue weighted by Crippen LogP contribution is 2.35. The van der Waals surface area contributed by atoms with Gasteiger partial charge in [0.15, 0.2) is 5.60 Å². The molecule has 3 heterocycles. The van der Waals surface area contributed by atoms with Gasteiger partial charge >= 0.3 is 0 Å². The Labute approximate surface area is 247 Å². The van der Waals surface area contributed by atoms with Gasteiger partial charge < -0.3 is 20.2 Å². The fraction of sp³-hybridized carbons (Fsp3) is 0.481. The normalized spacial score (nSPS) is 21.1. The predicted octanol–water partition coefficient (Wildman–Crippen LogP) is 4.33. The van der Waals surface area contributed by atoms with Gasteiger partial charge in [-0.15, -0.1) is 0 Å². The van der Waals surface area contributed by atoms with E-state index in [0.29, 0.717) is 18.8 Å². The first kappa shape index (κ1) is 30.8. The van der Waals surface area contributed by atoms with Crippen molar-refractivity contribution in [1.82, 2.24) is 14.7 Å². The molecule has 2 aromatic carbocycles. The molecular formula is C27H31Cl2F3N4O3S. The molecule has 3 aliphatic rings. The van der Waals surface area contributed by atoms with E-state index in [9.17, 15) is 27.9 Å². The van der Waals surface area contributed by atoms with E-state index in [2.05, 4.69) is 10.2 Å². The predicted molar refractivity (Wildman–Crippen MR) is 152 cm³/mol. The SMILES string of the molecule is C[C@@](O)(C(=O)N1CCC(N2CC(Nc3cc(Cl)c(C(=O)N4CC(F)(F)C4)c(Cl)c3)C2)CC1)c1cccc(F)c1.S. The first-order chi connectivity index (χ1) is 18.3. The molecule has 3 fully saturated rings. The maximum absolute atomic E-state index is 13.6. The number of piperidine rings is 1. The van der Waals surface area contributed by atoms with E-state index in [0.717, 1.165) is 30.8 Å². The average Bonchev–Trinajstić information content (AvgIpc) is 2.83. The molecule has 0 aromatic heterocycles. The number of rotatable bonds is 6. The number of benzene rings is 2. The van der Waals surface area contributed by atoms with E-state index in [-0.39, 0.29) is 46.8 Å². The van der Waals surface area contributed by atoms with E-state index in [4.69, 9.17) is 23.2 Å². The van der Waals surface area contributed by atoms with Crippen LogP contribution in [0.3, 0.4) is 0 Å². The minimum absolute atomic E-state index is 0. The van der Waals surface area contributed by atoms with Crippen LogP contribution in [0.4, 0.5) is 18.9 Å². The number of nitrogens with zero attached hydrogens (tertiary/aromatic N) is 3. The first-order valence-corrected chi connectivity index (χ1v) is 13.5. The summed E-state index contributed by atoms with van der Waals surface area (Å²) in [7, 11) is 0. The van der Waals surface area contributed by atoms with E-state index in [1.54, 1.807) is 23.1 Å². The number of aliphatic hydroxyl groups is 1. The van der Waals surface area contributed by atoms with Gasteiger partial charge in [0.25, 0.3) is 17.7 Å². The Bertz CT molecular complexity index is 1260. The first-order valence-electron chi connectivity index (χ1n) is 12.8. The zero-order chi connectivity index (χ0) is 28.1. The van der Waals surface area contributed by atoms with Crippen LogP contribution in [0.1, 0.15) is 35.7 Å². The highest BCUT2D eigenvalue weighted by Gasteiger charge is 2.47. The van der Waals surface area contributed by atoms with Crippen molar-refractivity contribution in [2.75, 3.05) is 44.6 Å². The van der Waals surface area contributed by atoms with Crippen molar-refractivity contribution in [2.45, 2.75) is 43.4 Å². The Hall–Kier alpha value is -2.18. The van der Waals surface area contributed by atoms with Gasteiger partial charge in [-0.05, 0) is 49.6 Å². The Balaban J connectivity index is 0.00000370. The van der Waals surface area contributed by atoms with Crippen molar-refractivity contribution in [3.05, 3.63) is 63.4 Å². The lowest BCUT2D eigenvalue weighted by molar-refractivity contribution is -0.152. The lowest BCUT2D eigenvalue weighted by Crippen LogP contribution is -2.61. The number of nitrogens with one attached hydrogen (secondary N) is 1. The van der Waals surface area contributed by atoms with Crippen LogP contribution in [0, 0.1) is 5.82 Å². The summed E-state index contributed by atoms with van der Waals surface area (Å²) < 4.78 is 39.9. The van der Waals surface area contributed by atoms with Gasteiger partial charge in [-0.1, -0.05) is 35.3 Å². The molecule has 0 spiro atoms. The molecule has 0 aliphatic carbocycles. The molecule has 0 saturated carbocycles. The third-order valence-corrected chi connectivity index (χ3v) is 8.34. The summed E-state index contributed by atoms with van der Waals surface area (Å²) in [5.41, 5.74) is -0.914. The van der Waals surface area contributed by atoms with Crippen LogP contribution in [-0.2, 0) is 10.4 Å². The summed E-state index contributed by atoms with van der Waals surface area (Å²) in [4.78, 5) is 30.5. The number of anilines is 1. The third kappa shape index (κ3) is 6.18. The third-order valence-electron chi connectivity index (χ3n) is 7.74. The van der Waals surface area contributed by atoms with Gasteiger partial charge in [-0.3, -0.25) is 14.5 Å². The molecule has 3 saturated heterocycles. The molecule has 0 bridgehead atoms. The second kappa shape index (κ2) is 11.6. The summed E-state index contributed by atoms with van der Waals surface area (Å²) in [6.07, 6.45) is 1.50. The lowest BCUT2D eigenvalue weighted by atomic mass is 9.92. The highest BCUT2D eigenvalue weighted by atomic mass is 35.5. The van der Waals surface area contributed by atoms with Gasteiger partial charge in [0, 0.05) is 37.9 Å². The summed E-state index contributed by atoms with van der Waals surface area (Å²) in [6, 6.07) is 9.03. The van der Waals surface area contributed by atoms with Crippen molar-refractivity contribution < 1.29 is 27.9 Å². The number of hydrogen-bond acceptors (Lipinski definition) is 5. The Morgan fingerprint density at radius 2 is 1.65 bits per heavy atom. The van der Waals surface area contributed by atoms with Crippen molar-refractivity contribution in [1.29, 1.82) is 0 Å². The second-order valence-corrected chi connectivity index (χ2v) is 11.5. The zero-order valence-electron chi connectivity index (χ0n) is 21.8. The quantitative estimate of drug-likeness (QED) is 0.504. The lowest BCUT2D eigenvalue weighted by Gasteiger charge is -2.48. The van der Waals surface area contributed by atoms with Crippen molar-refractivity contribution in [3.63, 3.8) is 0 Å². The maximum Gasteiger partial charge on any atom is 0.282 e. The largest absolute Gasteiger partial charge is 0.380 e. The Kier molecular flexibility index (Phi) is 8.92. The molecule has 40 heavy (non-hydrogen) atoms. The van der Waals surface area contributed by atoms with Gasteiger partial charge in [0.1, 0.15) is 5.82 Å². The van der Waals surface area contributed by atoms with Crippen LogP contribution >= 0.6 is 36.7 Å². The number of carbonyl (C=O) groups excluding carboxylic acids is 2. The van der Waals surface area contributed by atoms with Gasteiger partial charge in [-0.25, -0.2) is 13.2 Å². The van der Waals surface area contributed by atoms with Crippen molar-refractivity contribution in [3.8, 4) is 0 Å². The number of alkyl halides is 2. The van der Waals surface area contributed by atoms with Crippen LogP contribution in [-0.4, -0.2) is 88.9 Å². The van der Waals surface area contributed by atoms with Crippen molar-refractivity contribution >= 4 is 54.2 Å². The van der Waals surface area contributed by atoms with E-state index >= 15 is 0 Å². The van der Waals surface area contributed by atoms with Crippen molar-refractivity contribution in [2.24, 2.45) is 0 Å². The zero-order valence-corrected chi connectivity index (χ0v) is 24.3. The average molecular weight is 620 g/mol. The summed E-state index contributed by atoms with van der Waals surface area (Å²) >= 11 is 12.6. The van der Waals surface area contributed by atoms with Gasteiger partial charge in [0.2, 0.25) is 0 Å². The molecule has 0 radical (unpaired) electrons. The van der Waals surface area contributed by atoms with Crippen LogP contribution in [0.5, 0.6) is 0 Å². The van der Waals surface area contributed by atoms with E-state index < -0.39 is 42.2 Å². The number of amides is 2. The molecule has 13 heteroatoms. The van der Waals surface area contributed by atoms with Crippen LogP contribution in [0.25, 0.3) is 0 Å². The maximum atomic E-state index is 13.6. The smallest absolute Gasteiger partial charge is 0.282 e. The minimum atomic E-state index is -2.87. The summed E-state index contributed by atoms with van der Waals surface area (Å²) in [5, 5.41) is 14.4. The van der Waals surface area contributed by atoms with Crippen LogP contribution in [0.15, 0.2) is 36.4 Å². The molecule has 2 amide bonds. The fourth-order valence-electron chi connectivity index (χ4n) is 5.47. The number of carbonyl (C=O) groups is 2.